The molecule has 0 amide bonds. The number of hydrogen-bond donors (Lipinski definition) is 2. The topological polar surface area (TPSA) is 76.0 Å². The van der Waals surface area contributed by atoms with Gasteiger partial charge >= 0.3 is 0 Å². The van der Waals surface area contributed by atoms with Crippen molar-refractivity contribution in [2.75, 3.05) is 7.11 Å². The van der Waals surface area contributed by atoms with Crippen molar-refractivity contribution in [3.05, 3.63) is 47.3 Å². The first-order valence-corrected chi connectivity index (χ1v) is 6.59. The number of benzene rings is 2. The van der Waals surface area contributed by atoms with Crippen molar-refractivity contribution >= 4 is 5.78 Å². The van der Waals surface area contributed by atoms with Gasteiger partial charge in [-0.15, -0.1) is 0 Å². The first-order chi connectivity index (χ1) is 10.5. The summed E-state index contributed by atoms with van der Waals surface area (Å²) in [4.78, 5) is 12.2. The molecule has 2 aromatic rings. The summed E-state index contributed by atoms with van der Waals surface area (Å²) < 4.78 is 24.6. The Kier molecular flexibility index (Phi) is 3.36. The van der Waals surface area contributed by atoms with Gasteiger partial charge in [0.1, 0.15) is 40.5 Å². The van der Waals surface area contributed by atoms with Crippen molar-refractivity contribution in [3.8, 4) is 23.0 Å². The van der Waals surface area contributed by atoms with Gasteiger partial charge in [-0.25, -0.2) is 4.39 Å². The Labute approximate surface area is 125 Å². The Morgan fingerprint density at radius 1 is 1.27 bits per heavy atom. The molecule has 1 heterocycles. The molecule has 0 radical (unpaired) electrons. The van der Waals surface area contributed by atoms with Gasteiger partial charge in [-0.1, -0.05) is 0 Å². The Hall–Kier alpha value is -2.76. The van der Waals surface area contributed by atoms with Gasteiger partial charge in [0, 0.05) is 23.8 Å². The molecule has 0 aliphatic carbocycles. The summed E-state index contributed by atoms with van der Waals surface area (Å²) in [5.41, 5.74) is 0.214. The number of ether oxygens (including phenoxy) is 2. The van der Waals surface area contributed by atoms with Crippen LogP contribution in [0.15, 0.2) is 30.3 Å². The Morgan fingerprint density at radius 2 is 2.05 bits per heavy atom. The van der Waals surface area contributed by atoms with E-state index in [2.05, 4.69) is 0 Å². The smallest absolute Gasteiger partial charge is 0.174 e. The lowest BCUT2D eigenvalue weighted by molar-refractivity contribution is 0.0840. The second-order valence-corrected chi connectivity index (χ2v) is 4.96. The third-order valence-electron chi connectivity index (χ3n) is 3.54. The van der Waals surface area contributed by atoms with E-state index < -0.39 is 11.9 Å². The molecule has 0 spiro atoms. The zero-order chi connectivity index (χ0) is 15.9. The molecule has 0 fully saturated rings. The lowest BCUT2D eigenvalue weighted by atomic mass is 9.95. The van der Waals surface area contributed by atoms with Gasteiger partial charge in [0.25, 0.3) is 0 Å². The average molecular weight is 304 g/mol. The number of methoxy groups -OCH3 is 1. The number of Topliss-reactive ketones (excluding diaryl/α,β-unsaturated/α-hetero) is 1. The van der Waals surface area contributed by atoms with E-state index in [1.54, 1.807) is 6.07 Å². The number of aromatic hydroxyl groups is 2. The molecule has 1 unspecified atom stereocenters. The second kappa shape index (κ2) is 5.22. The van der Waals surface area contributed by atoms with Crippen LogP contribution in [0, 0.1) is 5.82 Å². The Bertz CT molecular complexity index is 756. The molecule has 0 saturated heterocycles. The van der Waals surface area contributed by atoms with Crippen molar-refractivity contribution in [2.45, 2.75) is 12.5 Å². The standard InChI is InChI=1S/C16H13FO5/c1-21-9-2-3-10(11(17)6-9)14-7-13(20)16-12(19)4-8(18)5-15(16)22-14/h2-6,14,18-19H,7H2,1H3. The van der Waals surface area contributed by atoms with Gasteiger partial charge < -0.3 is 19.7 Å². The highest BCUT2D eigenvalue weighted by molar-refractivity contribution is 6.02. The van der Waals surface area contributed by atoms with E-state index in [-0.39, 0.29) is 40.6 Å². The number of rotatable bonds is 2. The molecule has 3 rings (SSSR count). The maximum absolute atomic E-state index is 14.1. The van der Waals surface area contributed by atoms with Gasteiger partial charge in [-0.3, -0.25) is 4.79 Å². The molecule has 22 heavy (non-hydrogen) atoms. The van der Waals surface area contributed by atoms with Gasteiger partial charge in [0.2, 0.25) is 0 Å². The van der Waals surface area contributed by atoms with Crippen molar-refractivity contribution in [1.82, 2.24) is 0 Å². The van der Waals surface area contributed by atoms with Crippen LogP contribution in [-0.4, -0.2) is 23.1 Å². The fraction of sp³-hybridized carbons (Fsp3) is 0.188. The van der Waals surface area contributed by atoms with Gasteiger partial charge in [0.15, 0.2) is 5.78 Å². The number of fused-ring (bicyclic) bond motifs is 1. The number of carbonyl (C=O) groups excluding carboxylic acids is 1. The van der Waals surface area contributed by atoms with Crippen molar-refractivity contribution < 1.29 is 28.9 Å². The molecule has 6 heteroatoms. The highest BCUT2D eigenvalue weighted by Crippen LogP contribution is 2.42. The normalized spacial score (nSPS) is 16.8. The van der Waals surface area contributed by atoms with Crippen LogP contribution in [0.3, 0.4) is 0 Å². The Morgan fingerprint density at radius 3 is 2.73 bits per heavy atom. The van der Waals surface area contributed by atoms with Crippen LogP contribution < -0.4 is 9.47 Å². The number of phenolic OH excluding ortho intramolecular Hbond substituents is 2. The van der Waals surface area contributed by atoms with Crippen LogP contribution in [0.2, 0.25) is 0 Å². The summed E-state index contributed by atoms with van der Waals surface area (Å²) in [7, 11) is 1.43. The summed E-state index contributed by atoms with van der Waals surface area (Å²) in [5, 5.41) is 19.2. The minimum Gasteiger partial charge on any atom is -0.508 e. The number of hydrogen-bond acceptors (Lipinski definition) is 5. The molecule has 1 aliphatic rings. The van der Waals surface area contributed by atoms with Crippen molar-refractivity contribution in [1.29, 1.82) is 0 Å². The molecule has 1 aliphatic heterocycles. The summed E-state index contributed by atoms with van der Waals surface area (Å²) in [6.45, 7) is 0. The maximum Gasteiger partial charge on any atom is 0.174 e. The van der Waals surface area contributed by atoms with E-state index in [0.29, 0.717) is 5.75 Å². The second-order valence-electron chi connectivity index (χ2n) is 4.96. The summed E-state index contributed by atoms with van der Waals surface area (Å²) in [5.74, 6) is -1.12. The van der Waals surface area contributed by atoms with E-state index in [4.69, 9.17) is 9.47 Å². The first kappa shape index (κ1) is 14.2. The third-order valence-corrected chi connectivity index (χ3v) is 3.54. The fourth-order valence-electron chi connectivity index (χ4n) is 2.49. The fourth-order valence-corrected chi connectivity index (χ4v) is 2.49. The van der Waals surface area contributed by atoms with Crippen LogP contribution in [-0.2, 0) is 0 Å². The monoisotopic (exact) mass is 304 g/mol. The number of ketones is 1. The lowest BCUT2D eigenvalue weighted by Gasteiger charge is -2.26. The quantitative estimate of drug-likeness (QED) is 0.892. The molecular formula is C16H13FO5. The highest BCUT2D eigenvalue weighted by atomic mass is 19.1. The highest BCUT2D eigenvalue weighted by Gasteiger charge is 2.32. The molecule has 0 saturated carbocycles. The van der Waals surface area contributed by atoms with Crippen molar-refractivity contribution in [3.63, 3.8) is 0 Å². The number of halogens is 1. The van der Waals surface area contributed by atoms with Crippen LogP contribution in [0.1, 0.15) is 28.4 Å². The molecule has 0 aromatic heterocycles. The van der Waals surface area contributed by atoms with E-state index in [0.717, 1.165) is 6.07 Å². The summed E-state index contributed by atoms with van der Waals surface area (Å²) >= 11 is 0. The molecule has 2 aromatic carbocycles. The van der Waals surface area contributed by atoms with E-state index in [1.165, 1.54) is 25.3 Å². The largest absolute Gasteiger partial charge is 0.508 e. The van der Waals surface area contributed by atoms with E-state index in [9.17, 15) is 19.4 Å². The van der Waals surface area contributed by atoms with Crippen LogP contribution in [0.4, 0.5) is 4.39 Å². The maximum atomic E-state index is 14.1. The lowest BCUT2D eigenvalue weighted by Crippen LogP contribution is -2.21. The number of carbonyl (C=O) groups is 1. The molecule has 1 atom stereocenters. The van der Waals surface area contributed by atoms with E-state index in [1.807, 2.05) is 0 Å². The minimum absolute atomic E-state index is 0.00275. The number of phenols is 2. The summed E-state index contributed by atoms with van der Waals surface area (Å²) in [6.07, 6.45) is -0.929. The van der Waals surface area contributed by atoms with Gasteiger partial charge in [-0.2, -0.15) is 0 Å². The van der Waals surface area contributed by atoms with Crippen LogP contribution in [0.5, 0.6) is 23.0 Å². The van der Waals surface area contributed by atoms with Crippen LogP contribution in [0.25, 0.3) is 0 Å². The Balaban J connectivity index is 2.00. The van der Waals surface area contributed by atoms with Gasteiger partial charge in [0.05, 0.1) is 13.5 Å². The average Bonchev–Trinajstić information content (AvgIpc) is 2.45. The SMILES string of the molecule is COc1ccc(C2CC(=O)c3c(O)cc(O)cc3O2)c(F)c1. The van der Waals surface area contributed by atoms with Gasteiger partial charge in [-0.05, 0) is 12.1 Å². The predicted octanol–water partition coefficient (Wildman–Crippen LogP) is 2.95. The van der Waals surface area contributed by atoms with E-state index >= 15 is 0 Å². The molecule has 5 nitrogen and oxygen atoms in total. The molecule has 0 bridgehead atoms. The summed E-state index contributed by atoms with van der Waals surface area (Å²) in [6, 6.07) is 6.55. The molecular weight excluding hydrogens is 291 g/mol. The molecule has 114 valence electrons. The van der Waals surface area contributed by atoms with Crippen molar-refractivity contribution in [2.24, 2.45) is 0 Å². The first-order valence-electron chi connectivity index (χ1n) is 6.59. The van der Waals surface area contributed by atoms with Crippen LogP contribution >= 0.6 is 0 Å². The minimum atomic E-state index is -0.827. The third kappa shape index (κ3) is 2.32. The predicted molar refractivity (Wildman–Crippen MR) is 75.0 cm³/mol. The molecule has 2 N–H and O–H groups in total. The zero-order valence-corrected chi connectivity index (χ0v) is 11.7. The zero-order valence-electron chi connectivity index (χ0n) is 11.7.